The second-order valence-corrected chi connectivity index (χ2v) is 4.86. The molecule has 2 radical (unpaired) electrons. The summed E-state index contributed by atoms with van der Waals surface area (Å²) < 4.78 is 10.7. The Labute approximate surface area is 123 Å². The standard InChI is InChI=1S/C16H11BN2O2/c17-12-3-1-2-10(6-12)13-8-14(19-18-13)11-4-5-15-16(7-11)21-9-20-15/h1-8H,9H2,(H,18,19). The van der Waals surface area contributed by atoms with Crippen molar-refractivity contribution in [1.29, 1.82) is 0 Å². The number of aromatic nitrogens is 2. The Balaban J connectivity index is 1.71. The zero-order valence-corrected chi connectivity index (χ0v) is 11.2. The molecular formula is C16H11BN2O2. The van der Waals surface area contributed by atoms with E-state index in [2.05, 4.69) is 10.2 Å². The number of hydrogen-bond acceptors (Lipinski definition) is 3. The summed E-state index contributed by atoms with van der Waals surface area (Å²) in [7, 11) is 5.81. The Hall–Kier alpha value is -2.69. The third kappa shape index (κ3) is 2.16. The number of hydrogen-bond donors (Lipinski definition) is 1. The first-order valence-corrected chi connectivity index (χ1v) is 6.61. The van der Waals surface area contributed by atoms with E-state index in [9.17, 15) is 0 Å². The molecular weight excluding hydrogens is 263 g/mol. The summed E-state index contributed by atoms with van der Waals surface area (Å²) in [4.78, 5) is 0. The van der Waals surface area contributed by atoms with Crippen molar-refractivity contribution < 1.29 is 9.47 Å². The van der Waals surface area contributed by atoms with Gasteiger partial charge in [0.15, 0.2) is 11.5 Å². The van der Waals surface area contributed by atoms with Gasteiger partial charge in [0.25, 0.3) is 0 Å². The Bertz CT molecular complexity index is 814. The molecule has 2 aromatic carbocycles. The summed E-state index contributed by atoms with van der Waals surface area (Å²) in [5.41, 5.74) is 4.49. The van der Waals surface area contributed by atoms with Gasteiger partial charge in [0.05, 0.1) is 11.4 Å². The second kappa shape index (κ2) is 4.70. The van der Waals surface area contributed by atoms with Gasteiger partial charge in [0.2, 0.25) is 6.79 Å². The van der Waals surface area contributed by atoms with Crippen LogP contribution in [0.2, 0.25) is 0 Å². The molecule has 1 N–H and O–H groups in total. The minimum atomic E-state index is 0.274. The van der Waals surface area contributed by atoms with Crippen LogP contribution in [0.3, 0.4) is 0 Å². The number of nitrogens with one attached hydrogen (secondary N) is 1. The van der Waals surface area contributed by atoms with Gasteiger partial charge in [-0.25, -0.2) is 0 Å². The normalized spacial score (nSPS) is 12.6. The zero-order valence-electron chi connectivity index (χ0n) is 11.2. The van der Waals surface area contributed by atoms with Crippen molar-refractivity contribution in [3.05, 3.63) is 48.5 Å². The summed E-state index contributed by atoms with van der Waals surface area (Å²) in [6.07, 6.45) is 0. The lowest BCUT2D eigenvalue weighted by Gasteiger charge is -2.00. The molecule has 0 bridgehead atoms. The smallest absolute Gasteiger partial charge is 0.231 e. The monoisotopic (exact) mass is 274 g/mol. The lowest BCUT2D eigenvalue weighted by Crippen LogP contribution is -2.00. The van der Waals surface area contributed by atoms with Crippen LogP contribution in [0.25, 0.3) is 22.5 Å². The molecule has 0 saturated heterocycles. The quantitative estimate of drug-likeness (QED) is 0.729. The lowest BCUT2D eigenvalue weighted by molar-refractivity contribution is 0.174. The van der Waals surface area contributed by atoms with Crippen molar-refractivity contribution in [1.82, 2.24) is 10.2 Å². The molecule has 0 saturated carbocycles. The predicted molar refractivity (Wildman–Crippen MR) is 81.0 cm³/mol. The van der Waals surface area contributed by atoms with Crippen LogP contribution in [-0.2, 0) is 0 Å². The van der Waals surface area contributed by atoms with Gasteiger partial charge in [-0.15, -0.1) is 0 Å². The molecule has 0 fully saturated rings. The highest BCUT2D eigenvalue weighted by atomic mass is 16.7. The fourth-order valence-corrected chi connectivity index (χ4v) is 2.38. The third-order valence-corrected chi connectivity index (χ3v) is 3.44. The van der Waals surface area contributed by atoms with E-state index < -0.39 is 0 Å². The number of aromatic amines is 1. The van der Waals surface area contributed by atoms with Crippen molar-refractivity contribution in [3.63, 3.8) is 0 Å². The summed E-state index contributed by atoms with van der Waals surface area (Å²) in [6.45, 7) is 0.274. The Kier molecular flexibility index (Phi) is 2.70. The molecule has 1 aromatic heterocycles. The predicted octanol–water partition coefficient (Wildman–Crippen LogP) is 2.27. The van der Waals surface area contributed by atoms with Gasteiger partial charge in [-0.2, -0.15) is 5.10 Å². The Morgan fingerprint density at radius 2 is 1.86 bits per heavy atom. The molecule has 0 aliphatic carbocycles. The van der Waals surface area contributed by atoms with E-state index in [1.165, 1.54) is 0 Å². The summed E-state index contributed by atoms with van der Waals surface area (Å²) in [5.74, 6) is 1.53. The van der Waals surface area contributed by atoms with Gasteiger partial charge in [-0.05, 0) is 24.3 Å². The topological polar surface area (TPSA) is 47.1 Å². The Morgan fingerprint density at radius 3 is 2.76 bits per heavy atom. The maximum absolute atomic E-state index is 5.81. The number of fused-ring (bicyclic) bond motifs is 1. The van der Waals surface area contributed by atoms with Gasteiger partial charge >= 0.3 is 0 Å². The van der Waals surface area contributed by atoms with Gasteiger partial charge < -0.3 is 9.47 Å². The molecule has 0 atom stereocenters. The molecule has 4 nitrogen and oxygen atoms in total. The molecule has 3 aromatic rings. The van der Waals surface area contributed by atoms with E-state index in [1.807, 2.05) is 48.5 Å². The fraction of sp³-hybridized carbons (Fsp3) is 0.0625. The minimum Gasteiger partial charge on any atom is -0.454 e. The molecule has 1 aliphatic rings. The lowest BCUT2D eigenvalue weighted by atomic mass is 9.94. The van der Waals surface area contributed by atoms with Crippen molar-refractivity contribution in [2.45, 2.75) is 0 Å². The first-order chi connectivity index (χ1) is 10.3. The largest absolute Gasteiger partial charge is 0.454 e. The second-order valence-electron chi connectivity index (χ2n) is 4.86. The molecule has 5 heteroatoms. The maximum Gasteiger partial charge on any atom is 0.231 e. The van der Waals surface area contributed by atoms with Crippen LogP contribution in [0.15, 0.2) is 48.5 Å². The van der Waals surface area contributed by atoms with Gasteiger partial charge in [-0.3, -0.25) is 5.10 Å². The molecule has 1 aliphatic heterocycles. The molecule has 0 unspecified atom stereocenters. The van der Waals surface area contributed by atoms with Crippen molar-refractivity contribution >= 4 is 13.3 Å². The number of nitrogens with zero attached hydrogens (tertiary/aromatic N) is 1. The average molecular weight is 274 g/mol. The molecule has 100 valence electrons. The summed E-state index contributed by atoms with van der Waals surface area (Å²) in [6, 6.07) is 15.5. The number of rotatable bonds is 2. The van der Waals surface area contributed by atoms with Gasteiger partial charge in [-0.1, -0.05) is 29.7 Å². The zero-order chi connectivity index (χ0) is 14.2. The fourth-order valence-electron chi connectivity index (χ4n) is 2.38. The van der Waals surface area contributed by atoms with E-state index in [0.717, 1.165) is 39.5 Å². The summed E-state index contributed by atoms with van der Waals surface area (Å²) >= 11 is 0. The highest BCUT2D eigenvalue weighted by molar-refractivity contribution is 6.32. The van der Waals surface area contributed by atoms with Crippen molar-refractivity contribution in [3.8, 4) is 34.0 Å². The van der Waals surface area contributed by atoms with Gasteiger partial charge in [0, 0.05) is 11.1 Å². The first-order valence-electron chi connectivity index (χ1n) is 6.61. The molecule has 21 heavy (non-hydrogen) atoms. The molecule has 0 spiro atoms. The van der Waals surface area contributed by atoms with Gasteiger partial charge in [0.1, 0.15) is 7.85 Å². The van der Waals surface area contributed by atoms with Crippen LogP contribution >= 0.6 is 0 Å². The minimum absolute atomic E-state index is 0.274. The van der Waals surface area contributed by atoms with Crippen molar-refractivity contribution in [2.75, 3.05) is 6.79 Å². The van der Waals surface area contributed by atoms with E-state index in [0.29, 0.717) is 0 Å². The first kappa shape index (κ1) is 12.1. The van der Waals surface area contributed by atoms with Crippen molar-refractivity contribution in [2.24, 2.45) is 0 Å². The Morgan fingerprint density at radius 1 is 0.952 bits per heavy atom. The molecule has 4 rings (SSSR count). The molecule has 0 amide bonds. The SMILES string of the molecule is [B]c1cccc(-c2cc(-c3ccc4c(c3)OCO4)[nH]n2)c1. The number of ether oxygens (including phenoxy) is 2. The van der Waals surface area contributed by atoms with E-state index in [1.54, 1.807) is 0 Å². The van der Waals surface area contributed by atoms with Crippen LogP contribution in [-0.4, -0.2) is 24.8 Å². The van der Waals surface area contributed by atoms with Crippen LogP contribution in [0.5, 0.6) is 11.5 Å². The van der Waals surface area contributed by atoms with Crippen LogP contribution in [0.4, 0.5) is 0 Å². The number of H-pyrrole nitrogens is 1. The third-order valence-electron chi connectivity index (χ3n) is 3.44. The van der Waals surface area contributed by atoms with E-state index in [-0.39, 0.29) is 6.79 Å². The number of benzene rings is 2. The van der Waals surface area contributed by atoms with Crippen LogP contribution in [0.1, 0.15) is 0 Å². The van der Waals surface area contributed by atoms with E-state index in [4.69, 9.17) is 17.3 Å². The molecule has 2 heterocycles. The average Bonchev–Trinajstić information content (AvgIpc) is 3.15. The van der Waals surface area contributed by atoms with Crippen LogP contribution in [0, 0.1) is 0 Å². The maximum atomic E-state index is 5.81. The summed E-state index contributed by atoms with van der Waals surface area (Å²) in [5, 5.41) is 7.39. The van der Waals surface area contributed by atoms with E-state index >= 15 is 0 Å². The van der Waals surface area contributed by atoms with Crippen LogP contribution < -0.4 is 14.9 Å². The highest BCUT2D eigenvalue weighted by Gasteiger charge is 2.15. The highest BCUT2D eigenvalue weighted by Crippen LogP contribution is 2.35.